The second kappa shape index (κ2) is 7.43. The van der Waals surface area contributed by atoms with E-state index >= 15 is 0 Å². The predicted molar refractivity (Wildman–Crippen MR) is 101 cm³/mol. The molecule has 2 heterocycles. The molecular formula is C20H14N2O4S. The Hall–Kier alpha value is -3.45. The van der Waals surface area contributed by atoms with Crippen molar-refractivity contribution in [3.63, 3.8) is 0 Å². The van der Waals surface area contributed by atoms with Crippen LogP contribution in [0.3, 0.4) is 0 Å². The number of aromatic nitrogens is 2. The number of ether oxygens (including phenoxy) is 2. The van der Waals surface area contributed by atoms with E-state index in [9.17, 15) is 9.59 Å². The molecule has 0 aliphatic rings. The van der Waals surface area contributed by atoms with Crippen LogP contribution in [0.2, 0.25) is 0 Å². The van der Waals surface area contributed by atoms with E-state index in [4.69, 9.17) is 9.47 Å². The number of nitrogens with zero attached hydrogens (tertiary/aromatic N) is 2. The lowest BCUT2D eigenvalue weighted by molar-refractivity contribution is 0.0468. The van der Waals surface area contributed by atoms with Crippen molar-refractivity contribution in [2.45, 2.75) is 6.61 Å². The van der Waals surface area contributed by atoms with E-state index in [-0.39, 0.29) is 12.2 Å². The Kier molecular flexibility index (Phi) is 4.67. The molecule has 0 unspecified atom stereocenters. The van der Waals surface area contributed by atoms with Gasteiger partial charge in [-0.3, -0.25) is 9.20 Å². The molecule has 0 aliphatic heterocycles. The van der Waals surface area contributed by atoms with Crippen molar-refractivity contribution in [1.29, 1.82) is 0 Å². The second-order valence-corrected chi connectivity index (χ2v) is 6.53. The average Bonchev–Trinajstić information content (AvgIpc) is 3.17. The fraction of sp³-hybridized carbons (Fsp3) is 0.0500. The first-order chi connectivity index (χ1) is 13.2. The fourth-order valence-electron chi connectivity index (χ4n) is 2.47. The number of thiazole rings is 1. The first-order valence-electron chi connectivity index (χ1n) is 8.15. The molecule has 6 nitrogen and oxygen atoms in total. The van der Waals surface area contributed by atoms with E-state index in [0.29, 0.717) is 27.7 Å². The molecular weight excluding hydrogens is 364 g/mol. The minimum absolute atomic E-state index is 0.0647. The van der Waals surface area contributed by atoms with Crippen molar-refractivity contribution in [3.05, 3.63) is 93.9 Å². The normalized spacial score (nSPS) is 10.7. The van der Waals surface area contributed by atoms with Crippen LogP contribution in [-0.2, 0) is 11.3 Å². The molecule has 0 radical (unpaired) electrons. The first-order valence-corrected chi connectivity index (χ1v) is 9.03. The van der Waals surface area contributed by atoms with Crippen molar-refractivity contribution in [3.8, 4) is 11.5 Å². The fourth-order valence-corrected chi connectivity index (χ4v) is 3.21. The van der Waals surface area contributed by atoms with Gasteiger partial charge in [0.2, 0.25) is 0 Å². The number of para-hydroxylation sites is 1. The summed E-state index contributed by atoms with van der Waals surface area (Å²) < 4.78 is 12.4. The number of hydrogen-bond acceptors (Lipinski definition) is 6. The standard InChI is InChI=1S/C20H14N2O4S/c23-18-12-15(21-20-22(18)10-11-27-20)13-25-19(24)14-6-8-17(9-7-14)26-16-4-2-1-3-5-16/h1-12H,13H2. The van der Waals surface area contributed by atoms with E-state index in [1.54, 1.807) is 35.8 Å². The third-order valence-corrected chi connectivity index (χ3v) is 4.53. The highest BCUT2D eigenvalue weighted by Gasteiger charge is 2.10. The van der Waals surface area contributed by atoms with Crippen LogP contribution in [0, 0.1) is 0 Å². The summed E-state index contributed by atoms with van der Waals surface area (Å²) in [6.45, 7) is -0.0647. The minimum Gasteiger partial charge on any atom is -0.457 e. The van der Waals surface area contributed by atoms with Crippen LogP contribution in [0.1, 0.15) is 16.1 Å². The third kappa shape index (κ3) is 3.88. The number of rotatable bonds is 5. The number of benzene rings is 2. The van der Waals surface area contributed by atoms with E-state index in [2.05, 4.69) is 4.98 Å². The molecule has 134 valence electrons. The molecule has 2 aromatic carbocycles. The Bertz CT molecular complexity index is 1130. The maximum atomic E-state index is 12.2. The first kappa shape index (κ1) is 17.0. The quantitative estimate of drug-likeness (QED) is 0.493. The molecule has 2 aromatic heterocycles. The highest BCUT2D eigenvalue weighted by atomic mass is 32.1. The zero-order chi connectivity index (χ0) is 18.6. The Balaban J connectivity index is 1.41. The van der Waals surface area contributed by atoms with Crippen molar-refractivity contribution >= 4 is 22.3 Å². The Morgan fingerprint density at radius 3 is 2.56 bits per heavy atom. The topological polar surface area (TPSA) is 69.9 Å². The average molecular weight is 378 g/mol. The molecule has 0 saturated carbocycles. The summed E-state index contributed by atoms with van der Waals surface area (Å²) in [6.07, 6.45) is 1.66. The largest absolute Gasteiger partial charge is 0.457 e. The number of carbonyl (C=O) groups is 1. The van der Waals surface area contributed by atoms with Gasteiger partial charge in [0, 0.05) is 17.6 Å². The van der Waals surface area contributed by atoms with Gasteiger partial charge in [0.25, 0.3) is 5.56 Å². The van der Waals surface area contributed by atoms with Gasteiger partial charge >= 0.3 is 5.97 Å². The van der Waals surface area contributed by atoms with Crippen LogP contribution < -0.4 is 10.3 Å². The van der Waals surface area contributed by atoms with Gasteiger partial charge in [0.15, 0.2) is 4.96 Å². The smallest absolute Gasteiger partial charge is 0.338 e. The van der Waals surface area contributed by atoms with Gasteiger partial charge in [-0.05, 0) is 36.4 Å². The maximum Gasteiger partial charge on any atom is 0.338 e. The van der Waals surface area contributed by atoms with Gasteiger partial charge in [-0.1, -0.05) is 18.2 Å². The van der Waals surface area contributed by atoms with E-state index in [0.717, 1.165) is 0 Å². The van der Waals surface area contributed by atoms with Gasteiger partial charge in [-0.2, -0.15) is 0 Å². The van der Waals surface area contributed by atoms with Crippen LogP contribution >= 0.6 is 11.3 Å². The van der Waals surface area contributed by atoms with Gasteiger partial charge in [0.05, 0.1) is 11.3 Å². The molecule has 4 aromatic rings. The number of hydrogen-bond donors (Lipinski definition) is 0. The molecule has 27 heavy (non-hydrogen) atoms. The zero-order valence-electron chi connectivity index (χ0n) is 14.1. The number of carbonyl (C=O) groups excluding carboxylic acids is 1. The number of fused-ring (bicyclic) bond motifs is 1. The van der Waals surface area contributed by atoms with Gasteiger partial charge < -0.3 is 9.47 Å². The van der Waals surface area contributed by atoms with Gasteiger partial charge in [-0.25, -0.2) is 9.78 Å². The van der Waals surface area contributed by atoms with Crippen molar-refractivity contribution < 1.29 is 14.3 Å². The summed E-state index contributed by atoms with van der Waals surface area (Å²) in [5.74, 6) is 0.846. The molecule has 0 amide bonds. The van der Waals surface area contributed by atoms with Crippen molar-refractivity contribution in [1.82, 2.24) is 9.38 Å². The Morgan fingerprint density at radius 1 is 1.04 bits per heavy atom. The molecule has 0 saturated heterocycles. The summed E-state index contributed by atoms with van der Waals surface area (Å²) in [5, 5.41) is 1.78. The van der Waals surface area contributed by atoms with E-state index in [1.807, 2.05) is 30.3 Å². The minimum atomic E-state index is -0.491. The summed E-state index contributed by atoms with van der Waals surface area (Å²) in [6, 6.07) is 17.4. The van der Waals surface area contributed by atoms with Crippen LogP contribution in [0.5, 0.6) is 11.5 Å². The lowest BCUT2D eigenvalue weighted by Crippen LogP contribution is -2.14. The van der Waals surface area contributed by atoms with Gasteiger partial charge in [0.1, 0.15) is 18.1 Å². The predicted octanol–water partition coefficient (Wildman–Crippen LogP) is 3.91. The molecule has 0 bridgehead atoms. The van der Waals surface area contributed by atoms with E-state index in [1.165, 1.54) is 21.8 Å². The molecule has 0 aliphatic carbocycles. The van der Waals surface area contributed by atoms with Crippen LogP contribution in [0.4, 0.5) is 0 Å². The van der Waals surface area contributed by atoms with Crippen molar-refractivity contribution in [2.24, 2.45) is 0 Å². The Morgan fingerprint density at radius 2 is 1.78 bits per heavy atom. The zero-order valence-corrected chi connectivity index (χ0v) is 14.9. The van der Waals surface area contributed by atoms with Gasteiger partial charge in [-0.15, -0.1) is 11.3 Å². The molecule has 0 atom stereocenters. The number of esters is 1. The lowest BCUT2D eigenvalue weighted by Gasteiger charge is -2.07. The molecule has 0 fully saturated rings. The van der Waals surface area contributed by atoms with Crippen molar-refractivity contribution in [2.75, 3.05) is 0 Å². The molecule has 7 heteroatoms. The van der Waals surface area contributed by atoms with Crippen LogP contribution in [0.15, 0.2) is 77.0 Å². The monoisotopic (exact) mass is 378 g/mol. The third-order valence-electron chi connectivity index (χ3n) is 3.78. The van der Waals surface area contributed by atoms with Crippen LogP contribution in [-0.4, -0.2) is 15.4 Å². The summed E-state index contributed by atoms with van der Waals surface area (Å²) in [5.41, 5.74) is 0.610. The summed E-state index contributed by atoms with van der Waals surface area (Å²) in [4.78, 5) is 29.0. The highest BCUT2D eigenvalue weighted by molar-refractivity contribution is 7.15. The SMILES string of the molecule is O=C(OCc1cc(=O)n2ccsc2n1)c1ccc(Oc2ccccc2)cc1. The highest BCUT2D eigenvalue weighted by Crippen LogP contribution is 2.21. The lowest BCUT2D eigenvalue weighted by atomic mass is 10.2. The summed E-state index contributed by atoms with van der Waals surface area (Å²) in [7, 11) is 0. The van der Waals surface area contributed by atoms with Crippen LogP contribution in [0.25, 0.3) is 4.96 Å². The molecule has 0 spiro atoms. The second-order valence-electron chi connectivity index (χ2n) is 5.66. The van der Waals surface area contributed by atoms with E-state index < -0.39 is 5.97 Å². The molecule has 4 rings (SSSR count). The maximum absolute atomic E-state index is 12.2. The Labute approximate surface area is 158 Å². The molecule has 0 N–H and O–H groups in total. The summed E-state index contributed by atoms with van der Waals surface area (Å²) >= 11 is 1.35.